The van der Waals surface area contributed by atoms with Crippen LogP contribution in [0.4, 0.5) is 4.79 Å². The van der Waals surface area contributed by atoms with Crippen molar-refractivity contribution < 1.29 is 14.6 Å². The fraction of sp³-hybridized carbons (Fsp3) is 0.417. The van der Waals surface area contributed by atoms with Gasteiger partial charge in [0.05, 0.1) is 18.7 Å². The fourth-order valence-corrected chi connectivity index (χ4v) is 1.63. The standard InChI is InChI=1S/C12H15NO3/c1-9-11(14)7-13(9)12(15)16-8-10-5-3-2-4-6-10/h2-6,9,11,14H,7-8H2,1H3/t9-,11-/m1/s1. The van der Waals surface area contributed by atoms with Crippen molar-refractivity contribution in [1.82, 2.24) is 4.90 Å². The summed E-state index contributed by atoms with van der Waals surface area (Å²) in [5, 5.41) is 9.27. The van der Waals surface area contributed by atoms with Crippen molar-refractivity contribution in [3.8, 4) is 0 Å². The largest absolute Gasteiger partial charge is 0.445 e. The third kappa shape index (κ3) is 2.17. The Hall–Kier alpha value is -1.55. The van der Waals surface area contributed by atoms with Gasteiger partial charge in [-0.1, -0.05) is 30.3 Å². The maximum Gasteiger partial charge on any atom is 0.410 e. The van der Waals surface area contributed by atoms with Gasteiger partial charge in [-0.05, 0) is 12.5 Å². The van der Waals surface area contributed by atoms with E-state index < -0.39 is 6.10 Å². The molecule has 1 aromatic rings. The SMILES string of the molecule is C[C@@H]1[C@H](O)CN1C(=O)OCc1ccccc1. The summed E-state index contributed by atoms with van der Waals surface area (Å²) in [6.45, 7) is 2.45. The highest BCUT2D eigenvalue weighted by Gasteiger charge is 2.38. The van der Waals surface area contributed by atoms with Gasteiger partial charge in [-0.25, -0.2) is 4.79 Å². The molecule has 0 unspecified atom stereocenters. The minimum atomic E-state index is -0.413. The van der Waals surface area contributed by atoms with Crippen LogP contribution < -0.4 is 0 Å². The molecule has 16 heavy (non-hydrogen) atoms. The normalized spacial score (nSPS) is 23.8. The van der Waals surface area contributed by atoms with Crippen molar-refractivity contribution in [1.29, 1.82) is 0 Å². The number of hydrogen-bond donors (Lipinski definition) is 1. The smallest absolute Gasteiger partial charge is 0.410 e. The average Bonchev–Trinajstić information content (AvgIpc) is 2.33. The highest BCUT2D eigenvalue weighted by molar-refractivity contribution is 5.69. The number of aliphatic hydroxyl groups excluding tert-OH is 1. The molecule has 86 valence electrons. The van der Waals surface area contributed by atoms with Crippen molar-refractivity contribution >= 4 is 6.09 Å². The summed E-state index contributed by atoms with van der Waals surface area (Å²) in [6.07, 6.45) is -0.772. The van der Waals surface area contributed by atoms with Gasteiger partial charge in [0.25, 0.3) is 0 Å². The van der Waals surface area contributed by atoms with Crippen LogP contribution in [-0.2, 0) is 11.3 Å². The van der Waals surface area contributed by atoms with Crippen molar-refractivity contribution in [2.45, 2.75) is 25.7 Å². The van der Waals surface area contributed by atoms with Crippen LogP contribution in [0.1, 0.15) is 12.5 Å². The van der Waals surface area contributed by atoms with Gasteiger partial charge in [0.2, 0.25) is 0 Å². The van der Waals surface area contributed by atoms with E-state index in [0.29, 0.717) is 6.54 Å². The van der Waals surface area contributed by atoms with Crippen molar-refractivity contribution in [3.05, 3.63) is 35.9 Å². The molecule has 0 aliphatic carbocycles. The van der Waals surface area contributed by atoms with Gasteiger partial charge in [0.15, 0.2) is 0 Å². The lowest BCUT2D eigenvalue weighted by Gasteiger charge is -2.42. The average molecular weight is 221 g/mol. The molecule has 1 saturated heterocycles. The first-order chi connectivity index (χ1) is 7.68. The Morgan fingerprint density at radius 3 is 2.75 bits per heavy atom. The lowest BCUT2D eigenvalue weighted by Crippen LogP contribution is -2.60. The third-order valence-corrected chi connectivity index (χ3v) is 2.87. The predicted molar refractivity (Wildman–Crippen MR) is 58.8 cm³/mol. The van der Waals surface area contributed by atoms with Crippen LogP contribution in [0.3, 0.4) is 0 Å². The van der Waals surface area contributed by atoms with E-state index in [0.717, 1.165) is 5.56 Å². The number of amides is 1. The minimum Gasteiger partial charge on any atom is -0.445 e. The summed E-state index contributed by atoms with van der Waals surface area (Å²) in [5.41, 5.74) is 0.963. The molecule has 2 rings (SSSR count). The predicted octanol–water partition coefficient (Wildman–Crippen LogP) is 1.39. The Labute approximate surface area is 94.4 Å². The van der Waals surface area contributed by atoms with Gasteiger partial charge < -0.3 is 14.7 Å². The molecule has 1 aliphatic rings. The van der Waals surface area contributed by atoms with E-state index in [4.69, 9.17) is 4.74 Å². The van der Waals surface area contributed by atoms with E-state index in [9.17, 15) is 9.90 Å². The summed E-state index contributed by atoms with van der Waals surface area (Å²) in [4.78, 5) is 13.1. The number of carbonyl (C=O) groups excluding carboxylic acids is 1. The lowest BCUT2D eigenvalue weighted by molar-refractivity contribution is -0.0473. The number of hydrogen-bond acceptors (Lipinski definition) is 3. The highest BCUT2D eigenvalue weighted by atomic mass is 16.6. The van der Waals surface area contributed by atoms with Gasteiger partial charge in [0, 0.05) is 0 Å². The molecule has 1 aliphatic heterocycles. The molecular weight excluding hydrogens is 206 g/mol. The molecule has 1 heterocycles. The number of benzene rings is 1. The van der Waals surface area contributed by atoms with Crippen LogP contribution in [-0.4, -0.2) is 34.8 Å². The molecule has 0 aromatic heterocycles. The van der Waals surface area contributed by atoms with E-state index >= 15 is 0 Å². The minimum absolute atomic E-state index is 0.136. The quantitative estimate of drug-likeness (QED) is 0.821. The maximum atomic E-state index is 11.5. The Morgan fingerprint density at radius 2 is 2.19 bits per heavy atom. The number of ether oxygens (including phenoxy) is 1. The lowest BCUT2D eigenvalue weighted by atomic mass is 10.0. The molecule has 1 N–H and O–H groups in total. The van der Waals surface area contributed by atoms with Gasteiger partial charge in [0.1, 0.15) is 6.61 Å². The molecule has 0 radical (unpaired) electrons. The van der Waals surface area contributed by atoms with E-state index in [-0.39, 0.29) is 18.7 Å². The number of β-amino-alcohol motifs (C(OH)–C–C–N with tert-alkyl or cyclic N) is 1. The summed E-state index contributed by atoms with van der Waals surface area (Å²) in [5.74, 6) is 0. The Kier molecular flexibility index (Phi) is 3.10. The molecule has 1 aromatic carbocycles. The number of aliphatic hydroxyl groups is 1. The number of rotatable bonds is 2. The van der Waals surface area contributed by atoms with Crippen molar-refractivity contribution in [3.63, 3.8) is 0 Å². The maximum absolute atomic E-state index is 11.5. The molecule has 4 heteroatoms. The van der Waals surface area contributed by atoms with Crippen LogP contribution in [0, 0.1) is 0 Å². The molecule has 1 amide bonds. The second-order valence-electron chi connectivity index (χ2n) is 4.00. The summed E-state index contributed by atoms with van der Waals surface area (Å²) >= 11 is 0. The molecule has 1 fully saturated rings. The molecule has 2 atom stereocenters. The van der Waals surface area contributed by atoms with Crippen LogP contribution in [0.5, 0.6) is 0 Å². The van der Waals surface area contributed by atoms with Gasteiger partial charge >= 0.3 is 6.09 Å². The van der Waals surface area contributed by atoms with Gasteiger partial charge in [-0.2, -0.15) is 0 Å². The molecular formula is C12H15NO3. The summed E-state index contributed by atoms with van der Waals surface area (Å²) in [7, 11) is 0. The first-order valence-electron chi connectivity index (χ1n) is 5.34. The van der Waals surface area contributed by atoms with Crippen LogP contribution in [0.15, 0.2) is 30.3 Å². The van der Waals surface area contributed by atoms with E-state index in [2.05, 4.69) is 0 Å². The Balaban J connectivity index is 1.81. The van der Waals surface area contributed by atoms with Gasteiger partial charge in [-0.15, -0.1) is 0 Å². The highest BCUT2D eigenvalue weighted by Crippen LogP contribution is 2.18. The van der Waals surface area contributed by atoms with Gasteiger partial charge in [-0.3, -0.25) is 0 Å². The molecule has 4 nitrogen and oxygen atoms in total. The van der Waals surface area contributed by atoms with Crippen molar-refractivity contribution in [2.75, 3.05) is 6.54 Å². The number of likely N-dealkylation sites (tertiary alicyclic amines) is 1. The second-order valence-corrected chi connectivity index (χ2v) is 4.00. The van der Waals surface area contributed by atoms with Crippen LogP contribution in [0.25, 0.3) is 0 Å². The van der Waals surface area contributed by atoms with E-state index in [1.54, 1.807) is 6.92 Å². The van der Waals surface area contributed by atoms with Crippen LogP contribution >= 0.6 is 0 Å². The van der Waals surface area contributed by atoms with Crippen molar-refractivity contribution in [2.24, 2.45) is 0 Å². The van der Waals surface area contributed by atoms with E-state index in [1.807, 2.05) is 30.3 Å². The zero-order valence-corrected chi connectivity index (χ0v) is 9.17. The fourth-order valence-electron chi connectivity index (χ4n) is 1.63. The Bertz CT molecular complexity index is 366. The first-order valence-corrected chi connectivity index (χ1v) is 5.34. The van der Waals surface area contributed by atoms with E-state index in [1.165, 1.54) is 4.90 Å². The zero-order valence-electron chi connectivity index (χ0n) is 9.17. The zero-order chi connectivity index (χ0) is 11.5. The number of nitrogens with zero attached hydrogens (tertiary/aromatic N) is 1. The second kappa shape index (κ2) is 4.53. The number of carbonyl (C=O) groups is 1. The van der Waals surface area contributed by atoms with Crippen LogP contribution in [0.2, 0.25) is 0 Å². The summed E-state index contributed by atoms with van der Waals surface area (Å²) in [6, 6.07) is 9.39. The monoisotopic (exact) mass is 221 g/mol. The Morgan fingerprint density at radius 1 is 1.50 bits per heavy atom. The molecule has 0 spiro atoms. The molecule has 0 bridgehead atoms. The first kappa shape index (κ1) is 11.0. The molecule has 0 saturated carbocycles. The third-order valence-electron chi connectivity index (χ3n) is 2.87. The summed E-state index contributed by atoms with van der Waals surface area (Å²) < 4.78 is 5.13. The topological polar surface area (TPSA) is 49.8 Å².